The lowest BCUT2D eigenvalue weighted by atomic mass is 10.1. The number of amides is 1. The Bertz CT molecular complexity index is 315. The number of rotatable bonds is 4. The van der Waals surface area contributed by atoms with Gasteiger partial charge in [0, 0.05) is 6.04 Å². The highest BCUT2D eigenvalue weighted by atomic mass is 16.3. The molecule has 1 unspecified atom stereocenters. The Morgan fingerprint density at radius 3 is 2.80 bits per heavy atom. The lowest BCUT2D eigenvalue weighted by Crippen LogP contribution is -2.38. The second-order valence-corrected chi connectivity index (χ2v) is 4.00. The third-order valence-corrected chi connectivity index (χ3v) is 2.87. The van der Waals surface area contributed by atoms with E-state index in [9.17, 15) is 4.79 Å². The Morgan fingerprint density at radius 2 is 2.27 bits per heavy atom. The van der Waals surface area contributed by atoms with Crippen LogP contribution in [-0.2, 0) is 4.79 Å². The van der Waals surface area contributed by atoms with Crippen molar-refractivity contribution in [2.24, 2.45) is 5.73 Å². The van der Waals surface area contributed by atoms with Gasteiger partial charge in [-0.1, -0.05) is 12.8 Å². The van der Waals surface area contributed by atoms with E-state index in [1.54, 1.807) is 18.4 Å². The number of nitrogens with two attached hydrogens (primary N) is 1. The van der Waals surface area contributed by atoms with Crippen LogP contribution in [0.3, 0.4) is 0 Å². The first-order valence-corrected chi connectivity index (χ1v) is 5.36. The summed E-state index contributed by atoms with van der Waals surface area (Å²) in [6.45, 7) is 0. The molecule has 82 valence electrons. The second kappa shape index (κ2) is 4.49. The van der Waals surface area contributed by atoms with E-state index in [0.717, 1.165) is 12.8 Å². The number of nitrogens with one attached hydrogen (secondary N) is 1. The summed E-state index contributed by atoms with van der Waals surface area (Å²) in [6, 6.07) is 3.45. The van der Waals surface area contributed by atoms with Gasteiger partial charge >= 0.3 is 0 Å². The Morgan fingerprint density at radius 1 is 1.53 bits per heavy atom. The molecule has 1 amide bonds. The maximum absolute atomic E-state index is 11.3. The van der Waals surface area contributed by atoms with Crippen LogP contribution in [0.15, 0.2) is 22.8 Å². The topological polar surface area (TPSA) is 68.3 Å². The smallest absolute Gasteiger partial charge is 0.242 e. The molecule has 0 radical (unpaired) electrons. The predicted octanol–water partition coefficient (Wildman–Crippen LogP) is 1.34. The molecule has 1 aromatic rings. The van der Waals surface area contributed by atoms with Crippen LogP contribution < -0.4 is 11.1 Å². The zero-order valence-corrected chi connectivity index (χ0v) is 8.61. The van der Waals surface area contributed by atoms with Crippen molar-refractivity contribution < 1.29 is 9.21 Å². The highest BCUT2D eigenvalue weighted by Crippen LogP contribution is 2.22. The SMILES string of the molecule is NC(=O)C(NC1CCCC1)c1ccco1. The third kappa shape index (κ3) is 2.39. The standard InChI is InChI=1S/C11H16N2O2/c12-11(14)10(9-6-3-7-15-9)13-8-4-1-2-5-8/h3,6-8,10,13H,1-2,4-5H2,(H2,12,14). The van der Waals surface area contributed by atoms with Crippen LogP contribution in [-0.4, -0.2) is 11.9 Å². The van der Waals surface area contributed by atoms with Crippen LogP contribution in [0, 0.1) is 0 Å². The van der Waals surface area contributed by atoms with Crippen molar-refractivity contribution in [1.82, 2.24) is 5.32 Å². The Hall–Kier alpha value is -1.29. The summed E-state index contributed by atoms with van der Waals surface area (Å²) in [7, 11) is 0. The quantitative estimate of drug-likeness (QED) is 0.784. The van der Waals surface area contributed by atoms with Crippen LogP contribution in [0.2, 0.25) is 0 Å². The van der Waals surface area contributed by atoms with E-state index >= 15 is 0 Å². The number of carbonyl (C=O) groups excluding carboxylic acids is 1. The molecule has 0 aromatic carbocycles. The fourth-order valence-corrected chi connectivity index (χ4v) is 2.09. The minimum Gasteiger partial charge on any atom is -0.467 e. The molecule has 1 fully saturated rings. The Labute approximate surface area is 88.8 Å². The number of hydrogen-bond acceptors (Lipinski definition) is 3. The van der Waals surface area contributed by atoms with Crippen molar-refractivity contribution in [2.45, 2.75) is 37.8 Å². The van der Waals surface area contributed by atoms with Crippen molar-refractivity contribution >= 4 is 5.91 Å². The van der Waals surface area contributed by atoms with E-state index in [0.29, 0.717) is 11.8 Å². The molecule has 1 aliphatic rings. The molecule has 3 N–H and O–H groups in total. The molecule has 4 nitrogen and oxygen atoms in total. The average Bonchev–Trinajstić information content (AvgIpc) is 2.87. The predicted molar refractivity (Wildman–Crippen MR) is 56.0 cm³/mol. The van der Waals surface area contributed by atoms with E-state index in [1.807, 2.05) is 0 Å². The minimum atomic E-state index is -0.483. The van der Waals surface area contributed by atoms with Crippen molar-refractivity contribution in [2.75, 3.05) is 0 Å². The average molecular weight is 208 g/mol. The van der Waals surface area contributed by atoms with E-state index in [-0.39, 0.29) is 5.91 Å². The van der Waals surface area contributed by atoms with Gasteiger partial charge in [-0.25, -0.2) is 0 Å². The molecule has 1 atom stereocenters. The summed E-state index contributed by atoms with van der Waals surface area (Å²) < 4.78 is 5.20. The van der Waals surface area contributed by atoms with Crippen LogP contribution in [0.1, 0.15) is 37.5 Å². The van der Waals surface area contributed by atoms with Gasteiger partial charge < -0.3 is 10.2 Å². The first kappa shape index (κ1) is 10.2. The van der Waals surface area contributed by atoms with Gasteiger partial charge in [0.2, 0.25) is 5.91 Å². The minimum absolute atomic E-state index is 0.378. The van der Waals surface area contributed by atoms with E-state index in [2.05, 4.69) is 5.32 Å². The summed E-state index contributed by atoms with van der Waals surface area (Å²) in [5.41, 5.74) is 5.34. The Kier molecular flexibility index (Phi) is 3.06. The van der Waals surface area contributed by atoms with Gasteiger partial charge in [0.15, 0.2) is 0 Å². The van der Waals surface area contributed by atoms with Gasteiger partial charge in [-0.2, -0.15) is 0 Å². The normalized spacial score (nSPS) is 19.2. The molecule has 1 aliphatic carbocycles. The fourth-order valence-electron chi connectivity index (χ4n) is 2.09. The molecule has 1 saturated carbocycles. The fraction of sp³-hybridized carbons (Fsp3) is 0.545. The molecule has 15 heavy (non-hydrogen) atoms. The first-order chi connectivity index (χ1) is 7.27. The molecule has 0 saturated heterocycles. The molecule has 1 heterocycles. The molecular weight excluding hydrogens is 192 g/mol. The maximum Gasteiger partial charge on any atom is 0.242 e. The summed E-state index contributed by atoms with van der Waals surface area (Å²) >= 11 is 0. The van der Waals surface area contributed by atoms with Crippen molar-refractivity contribution in [3.05, 3.63) is 24.2 Å². The number of primary amides is 1. The van der Waals surface area contributed by atoms with Crippen LogP contribution in [0.4, 0.5) is 0 Å². The lowest BCUT2D eigenvalue weighted by Gasteiger charge is -2.18. The molecular formula is C11H16N2O2. The molecule has 2 rings (SSSR count). The Balaban J connectivity index is 2.03. The zero-order valence-electron chi connectivity index (χ0n) is 8.61. The zero-order chi connectivity index (χ0) is 10.7. The maximum atomic E-state index is 11.3. The molecule has 0 aliphatic heterocycles. The van der Waals surface area contributed by atoms with Gasteiger partial charge in [-0.15, -0.1) is 0 Å². The number of furan rings is 1. The summed E-state index contributed by atoms with van der Waals surface area (Å²) in [5, 5.41) is 3.25. The van der Waals surface area contributed by atoms with Crippen LogP contribution in [0.25, 0.3) is 0 Å². The highest BCUT2D eigenvalue weighted by molar-refractivity contribution is 5.80. The van der Waals surface area contributed by atoms with Gasteiger partial charge in [-0.3, -0.25) is 10.1 Å². The van der Waals surface area contributed by atoms with E-state index in [4.69, 9.17) is 10.2 Å². The second-order valence-electron chi connectivity index (χ2n) is 4.00. The van der Waals surface area contributed by atoms with E-state index < -0.39 is 6.04 Å². The van der Waals surface area contributed by atoms with Crippen molar-refractivity contribution in [1.29, 1.82) is 0 Å². The molecule has 1 aromatic heterocycles. The van der Waals surface area contributed by atoms with Gasteiger partial charge in [0.25, 0.3) is 0 Å². The van der Waals surface area contributed by atoms with Gasteiger partial charge in [0.05, 0.1) is 6.26 Å². The first-order valence-electron chi connectivity index (χ1n) is 5.36. The van der Waals surface area contributed by atoms with Crippen LogP contribution >= 0.6 is 0 Å². The lowest BCUT2D eigenvalue weighted by molar-refractivity contribution is -0.120. The monoisotopic (exact) mass is 208 g/mol. The number of carbonyl (C=O) groups is 1. The molecule has 0 bridgehead atoms. The summed E-state index contributed by atoms with van der Waals surface area (Å²) in [5.74, 6) is 0.228. The number of hydrogen-bond donors (Lipinski definition) is 2. The van der Waals surface area contributed by atoms with Gasteiger partial charge in [-0.05, 0) is 25.0 Å². The third-order valence-electron chi connectivity index (χ3n) is 2.87. The van der Waals surface area contributed by atoms with E-state index in [1.165, 1.54) is 12.8 Å². The van der Waals surface area contributed by atoms with Gasteiger partial charge in [0.1, 0.15) is 11.8 Å². The highest BCUT2D eigenvalue weighted by Gasteiger charge is 2.25. The molecule has 0 spiro atoms. The summed E-state index contributed by atoms with van der Waals surface area (Å²) in [6.07, 6.45) is 6.24. The van der Waals surface area contributed by atoms with Crippen molar-refractivity contribution in [3.8, 4) is 0 Å². The van der Waals surface area contributed by atoms with Crippen molar-refractivity contribution in [3.63, 3.8) is 0 Å². The molecule has 4 heteroatoms. The van der Waals surface area contributed by atoms with Crippen LogP contribution in [0.5, 0.6) is 0 Å². The largest absolute Gasteiger partial charge is 0.467 e. The summed E-state index contributed by atoms with van der Waals surface area (Å²) in [4.78, 5) is 11.3.